The first-order valence-electron chi connectivity index (χ1n) is 9.47. The van der Waals surface area contributed by atoms with Crippen molar-refractivity contribution in [2.45, 2.75) is 19.9 Å². The molecule has 0 radical (unpaired) electrons. The summed E-state index contributed by atoms with van der Waals surface area (Å²) in [6.07, 6.45) is 1.70. The van der Waals surface area contributed by atoms with Gasteiger partial charge < -0.3 is 9.84 Å². The number of ether oxygens (including phenoxy) is 1. The fourth-order valence-corrected chi connectivity index (χ4v) is 5.25. The highest BCUT2D eigenvalue weighted by Crippen LogP contribution is 2.33. The summed E-state index contributed by atoms with van der Waals surface area (Å²) in [6.45, 7) is 3.71. The van der Waals surface area contributed by atoms with Gasteiger partial charge in [-0.1, -0.05) is 29.5 Å². The van der Waals surface area contributed by atoms with E-state index in [0.29, 0.717) is 26.2 Å². The van der Waals surface area contributed by atoms with E-state index in [1.165, 1.54) is 39.4 Å². The molecule has 1 aliphatic rings. The standard InChI is InChI=1S/C22H18N2O5S2/c1-3-29-21(28)17-12(2)23-22-24(18(17)15-5-4-10-30-15)19(25)16(31-22)11-13-6-8-14(9-7-13)20(26)27/h4-11,18H,3H2,1-2H3,(H,26,27)/b16-11-/t18-/m0/s1. The molecular weight excluding hydrogens is 436 g/mol. The van der Waals surface area contributed by atoms with E-state index in [-0.39, 0.29) is 17.7 Å². The Bertz CT molecular complexity index is 1360. The van der Waals surface area contributed by atoms with Crippen LogP contribution in [-0.4, -0.2) is 28.2 Å². The van der Waals surface area contributed by atoms with Crippen molar-refractivity contribution < 1.29 is 19.4 Å². The first-order chi connectivity index (χ1) is 14.9. The third-order valence-corrected chi connectivity index (χ3v) is 6.69. The normalized spacial score (nSPS) is 16.1. The van der Waals surface area contributed by atoms with Crippen LogP contribution in [0.25, 0.3) is 6.08 Å². The van der Waals surface area contributed by atoms with Crippen LogP contribution < -0.4 is 14.9 Å². The highest BCUT2D eigenvalue weighted by atomic mass is 32.1. The van der Waals surface area contributed by atoms with E-state index in [1.807, 2.05) is 17.5 Å². The zero-order valence-electron chi connectivity index (χ0n) is 16.7. The largest absolute Gasteiger partial charge is 0.478 e. The van der Waals surface area contributed by atoms with Gasteiger partial charge in [0.1, 0.15) is 6.04 Å². The summed E-state index contributed by atoms with van der Waals surface area (Å²) >= 11 is 2.69. The molecule has 1 aromatic carbocycles. The number of carboxylic acids is 1. The number of hydrogen-bond donors (Lipinski definition) is 1. The number of hydrogen-bond acceptors (Lipinski definition) is 7. The minimum Gasteiger partial charge on any atom is -0.478 e. The molecule has 0 amide bonds. The van der Waals surface area contributed by atoms with Gasteiger partial charge in [-0.05, 0) is 49.1 Å². The lowest BCUT2D eigenvalue weighted by Crippen LogP contribution is -2.39. The number of thiophene rings is 1. The van der Waals surface area contributed by atoms with E-state index in [4.69, 9.17) is 9.84 Å². The summed E-state index contributed by atoms with van der Waals surface area (Å²) in [6, 6.07) is 9.42. The van der Waals surface area contributed by atoms with Crippen molar-refractivity contribution in [2.75, 3.05) is 6.61 Å². The predicted molar refractivity (Wildman–Crippen MR) is 118 cm³/mol. The maximum atomic E-state index is 13.3. The Balaban J connectivity index is 1.88. The van der Waals surface area contributed by atoms with Gasteiger partial charge in [-0.25, -0.2) is 14.6 Å². The summed E-state index contributed by atoms with van der Waals surface area (Å²) in [5, 5.41) is 11.0. The van der Waals surface area contributed by atoms with Crippen LogP contribution in [0.3, 0.4) is 0 Å². The molecule has 4 rings (SSSR count). The molecule has 0 spiro atoms. The van der Waals surface area contributed by atoms with E-state index in [2.05, 4.69) is 4.99 Å². The Morgan fingerprint density at radius 3 is 2.61 bits per heavy atom. The number of carbonyl (C=O) groups is 2. The molecule has 0 bridgehead atoms. The summed E-state index contributed by atoms with van der Waals surface area (Å²) in [7, 11) is 0. The molecule has 158 valence electrons. The van der Waals surface area contributed by atoms with Gasteiger partial charge in [0.05, 0.1) is 28.0 Å². The average molecular weight is 455 g/mol. The number of allylic oxidation sites excluding steroid dienone is 1. The molecule has 7 nitrogen and oxygen atoms in total. The fourth-order valence-electron chi connectivity index (χ4n) is 3.38. The number of thiazole rings is 1. The highest BCUT2D eigenvalue weighted by molar-refractivity contribution is 7.10. The summed E-state index contributed by atoms with van der Waals surface area (Å²) in [5.41, 5.74) is 1.48. The van der Waals surface area contributed by atoms with Crippen LogP contribution in [0.2, 0.25) is 0 Å². The van der Waals surface area contributed by atoms with E-state index in [0.717, 1.165) is 4.88 Å². The first-order valence-corrected chi connectivity index (χ1v) is 11.2. The minimum atomic E-state index is -1.01. The van der Waals surface area contributed by atoms with Crippen molar-refractivity contribution in [1.82, 2.24) is 4.57 Å². The Hall–Kier alpha value is -3.30. The second kappa shape index (κ2) is 8.44. The molecule has 31 heavy (non-hydrogen) atoms. The Morgan fingerprint density at radius 1 is 1.26 bits per heavy atom. The van der Waals surface area contributed by atoms with E-state index in [1.54, 1.807) is 32.1 Å². The molecule has 2 aromatic heterocycles. The SMILES string of the molecule is CCOC(=O)C1=C(C)N=c2s/c(=C\c3ccc(C(=O)O)cc3)c(=O)n2[C@H]1c1cccs1. The fraction of sp³-hybridized carbons (Fsp3) is 0.182. The van der Waals surface area contributed by atoms with Gasteiger partial charge in [-0.3, -0.25) is 9.36 Å². The van der Waals surface area contributed by atoms with Crippen LogP contribution in [-0.2, 0) is 9.53 Å². The molecular formula is C22H18N2O5S2. The molecule has 0 fully saturated rings. The van der Waals surface area contributed by atoms with Crippen LogP contribution in [0.4, 0.5) is 0 Å². The van der Waals surface area contributed by atoms with Crippen molar-refractivity contribution in [3.8, 4) is 0 Å². The third-order valence-electron chi connectivity index (χ3n) is 4.79. The van der Waals surface area contributed by atoms with Crippen LogP contribution in [0, 0.1) is 0 Å². The molecule has 3 aromatic rings. The Morgan fingerprint density at radius 2 is 2.00 bits per heavy atom. The van der Waals surface area contributed by atoms with Gasteiger partial charge in [0.25, 0.3) is 5.56 Å². The number of benzene rings is 1. The summed E-state index contributed by atoms with van der Waals surface area (Å²) in [4.78, 5) is 43.0. The van der Waals surface area contributed by atoms with Gasteiger partial charge in [0.2, 0.25) is 0 Å². The van der Waals surface area contributed by atoms with Gasteiger partial charge in [-0.2, -0.15) is 0 Å². The van der Waals surface area contributed by atoms with E-state index in [9.17, 15) is 14.4 Å². The number of rotatable bonds is 5. The van der Waals surface area contributed by atoms with E-state index >= 15 is 0 Å². The van der Waals surface area contributed by atoms with Crippen molar-refractivity contribution in [3.05, 3.63) is 88.7 Å². The van der Waals surface area contributed by atoms with Crippen LogP contribution in [0.15, 0.2) is 62.8 Å². The molecule has 9 heteroatoms. The maximum Gasteiger partial charge on any atom is 0.338 e. The average Bonchev–Trinajstić information content (AvgIpc) is 3.36. The second-order valence-electron chi connectivity index (χ2n) is 6.74. The van der Waals surface area contributed by atoms with Gasteiger partial charge in [-0.15, -0.1) is 11.3 Å². The summed E-state index contributed by atoms with van der Waals surface area (Å²) in [5.74, 6) is -1.50. The van der Waals surface area contributed by atoms with E-state index < -0.39 is 18.0 Å². The number of aromatic carboxylic acids is 1. The zero-order valence-corrected chi connectivity index (χ0v) is 18.3. The maximum absolute atomic E-state index is 13.3. The molecule has 1 aliphatic heterocycles. The van der Waals surface area contributed by atoms with Gasteiger partial charge in [0.15, 0.2) is 4.80 Å². The molecule has 0 saturated heterocycles. The molecule has 0 aliphatic carbocycles. The number of esters is 1. The molecule has 3 heterocycles. The number of carbonyl (C=O) groups excluding carboxylic acids is 1. The molecule has 1 N–H and O–H groups in total. The predicted octanol–water partition coefficient (Wildman–Crippen LogP) is 2.56. The third kappa shape index (κ3) is 3.89. The number of fused-ring (bicyclic) bond motifs is 1. The smallest absolute Gasteiger partial charge is 0.338 e. The van der Waals surface area contributed by atoms with Gasteiger partial charge >= 0.3 is 11.9 Å². The van der Waals surface area contributed by atoms with Crippen LogP contribution >= 0.6 is 22.7 Å². The van der Waals surface area contributed by atoms with Crippen LogP contribution in [0.1, 0.15) is 40.7 Å². The minimum absolute atomic E-state index is 0.172. The van der Waals surface area contributed by atoms with Crippen molar-refractivity contribution in [2.24, 2.45) is 4.99 Å². The lowest BCUT2D eigenvalue weighted by Gasteiger charge is -2.23. The Labute approximate surface area is 184 Å². The quantitative estimate of drug-likeness (QED) is 0.598. The first kappa shape index (κ1) is 21.0. The monoisotopic (exact) mass is 454 g/mol. The van der Waals surface area contributed by atoms with Crippen LogP contribution in [0.5, 0.6) is 0 Å². The number of carboxylic acid groups (broad SMARTS) is 1. The Kier molecular flexibility index (Phi) is 5.71. The number of nitrogens with zero attached hydrogens (tertiary/aromatic N) is 2. The molecule has 0 saturated carbocycles. The van der Waals surface area contributed by atoms with Crippen molar-refractivity contribution in [1.29, 1.82) is 0 Å². The van der Waals surface area contributed by atoms with Crippen molar-refractivity contribution >= 4 is 40.7 Å². The molecule has 1 atom stereocenters. The van der Waals surface area contributed by atoms with Gasteiger partial charge in [0, 0.05) is 4.88 Å². The summed E-state index contributed by atoms with van der Waals surface area (Å²) < 4.78 is 7.23. The second-order valence-corrected chi connectivity index (χ2v) is 8.73. The molecule has 0 unspecified atom stereocenters. The lowest BCUT2D eigenvalue weighted by atomic mass is 10.0. The topological polar surface area (TPSA) is 98.0 Å². The van der Waals surface area contributed by atoms with Crippen molar-refractivity contribution in [3.63, 3.8) is 0 Å². The highest BCUT2D eigenvalue weighted by Gasteiger charge is 2.33. The lowest BCUT2D eigenvalue weighted by molar-refractivity contribution is -0.139. The number of aromatic nitrogens is 1. The zero-order chi connectivity index (χ0) is 22.1.